The van der Waals surface area contributed by atoms with Gasteiger partial charge in [-0.3, -0.25) is 4.79 Å². The van der Waals surface area contributed by atoms with Crippen LogP contribution in [0.25, 0.3) is 6.08 Å². The third-order valence-electron chi connectivity index (χ3n) is 3.55. The molecule has 3 rings (SSSR count). The first-order chi connectivity index (χ1) is 10.7. The van der Waals surface area contributed by atoms with Crippen LogP contribution < -0.4 is 10.1 Å². The molecule has 112 valence electrons. The Bertz CT molecular complexity index is 712. The van der Waals surface area contributed by atoms with E-state index < -0.39 is 0 Å². The number of para-hydroxylation sites is 1. The van der Waals surface area contributed by atoms with Gasteiger partial charge in [-0.25, -0.2) is 0 Å². The molecule has 1 atom stereocenters. The van der Waals surface area contributed by atoms with Crippen LogP contribution in [0.2, 0.25) is 5.02 Å². The number of fused-ring (bicyclic) bond motifs is 1. The van der Waals surface area contributed by atoms with E-state index in [0.717, 1.165) is 23.3 Å². The van der Waals surface area contributed by atoms with Crippen LogP contribution >= 0.6 is 11.6 Å². The number of carbonyl (C=O) groups is 1. The first-order valence-electron chi connectivity index (χ1n) is 7.18. The smallest absolute Gasteiger partial charge is 0.244 e. The van der Waals surface area contributed by atoms with E-state index in [2.05, 4.69) is 5.32 Å². The molecule has 0 aliphatic carbocycles. The summed E-state index contributed by atoms with van der Waals surface area (Å²) in [5.74, 6) is 0.722. The molecule has 2 aromatic rings. The van der Waals surface area contributed by atoms with Gasteiger partial charge in [-0.05, 0) is 29.8 Å². The first kappa shape index (κ1) is 14.7. The Hall–Kier alpha value is -2.26. The first-order valence-corrected chi connectivity index (χ1v) is 7.56. The average Bonchev–Trinajstić information content (AvgIpc) is 2.53. The largest absolute Gasteiger partial charge is 0.493 e. The zero-order chi connectivity index (χ0) is 15.4. The second kappa shape index (κ2) is 6.67. The number of nitrogens with one attached hydrogen (secondary N) is 1. The highest BCUT2D eigenvalue weighted by Gasteiger charge is 2.21. The van der Waals surface area contributed by atoms with Gasteiger partial charge in [-0.15, -0.1) is 0 Å². The molecule has 0 spiro atoms. The summed E-state index contributed by atoms with van der Waals surface area (Å²) in [4.78, 5) is 12.1. The van der Waals surface area contributed by atoms with Crippen molar-refractivity contribution in [2.75, 3.05) is 6.61 Å². The van der Waals surface area contributed by atoms with Gasteiger partial charge >= 0.3 is 0 Å². The summed E-state index contributed by atoms with van der Waals surface area (Å²) >= 11 is 5.92. The lowest BCUT2D eigenvalue weighted by atomic mass is 10.0. The maximum atomic E-state index is 12.1. The molecule has 0 fully saturated rings. The third kappa shape index (κ3) is 3.49. The molecule has 4 heteroatoms. The molecular formula is C18H16ClNO2. The number of amides is 1. The van der Waals surface area contributed by atoms with E-state index in [4.69, 9.17) is 16.3 Å². The van der Waals surface area contributed by atoms with Crippen LogP contribution in [0, 0.1) is 0 Å². The molecule has 1 amide bonds. The van der Waals surface area contributed by atoms with Crippen molar-refractivity contribution >= 4 is 23.6 Å². The highest BCUT2D eigenvalue weighted by Crippen LogP contribution is 2.31. The monoisotopic (exact) mass is 313 g/mol. The van der Waals surface area contributed by atoms with E-state index >= 15 is 0 Å². The Morgan fingerprint density at radius 2 is 2.09 bits per heavy atom. The van der Waals surface area contributed by atoms with Crippen molar-refractivity contribution in [3.63, 3.8) is 0 Å². The SMILES string of the molecule is O=C(/C=C/c1cccc(Cl)c1)N[C@@H]1CCOc2ccccc21. The lowest BCUT2D eigenvalue weighted by molar-refractivity contribution is -0.117. The molecule has 0 aromatic heterocycles. The molecule has 0 bridgehead atoms. The number of ether oxygens (including phenoxy) is 1. The van der Waals surface area contributed by atoms with Crippen molar-refractivity contribution in [1.82, 2.24) is 5.32 Å². The predicted molar refractivity (Wildman–Crippen MR) is 87.9 cm³/mol. The summed E-state index contributed by atoms with van der Waals surface area (Å²) in [6.07, 6.45) is 4.06. The summed E-state index contributed by atoms with van der Waals surface area (Å²) < 4.78 is 5.59. The molecule has 0 unspecified atom stereocenters. The molecule has 1 heterocycles. The summed E-state index contributed by atoms with van der Waals surface area (Å²) in [6, 6.07) is 15.2. The standard InChI is InChI=1S/C18H16ClNO2/c19-14-5-3-4-13(12-14)8-9-18(21)20-16-10-11-22-17-7-2-1-6-15(16)17/h1-9,12,16H,10-11H2,(H,20,21)/b9-8+/t16-/m1/s1. The molecule has 1 aliphatic heterocycles. The maximum absolute atomic E-state index is 12.1. The van der Waals surface area contributed by atoms with Crippen molar-refractivity contribution in [3.8, 4) is 5.75 Å². The Kier molecular flexibility index (Phi) is 4.45. The van der Waals surface area contributed by atoms with Crippen LogP contribution in [0.5, 0.6) is 5.75 Å². The molecule has 1 aliphatic rings. The van der Waals surface area contributed by atoms with E-state index in [1.165, 1.54) is 6.08 Å². The topological polar surface area (TPSA) is 38.3 Å². The Morgan fingerprint density at radius 3 is 2.95 bits per heavy atom. The van der Waals surface area contributed by atoms with Crippen molar-refractivity contribution in [2.45, 2.75) is 12.5 Å². The van der Waals surface area contributed by atoms with Crippen LogP contribution in [-0.2, 0) is 4.79 Å². The lowest BCUT2D eigenvalue weighted by Crippen LogP contribution is -2.30. The number of benzene rings is 2. The third-order valence-corrected chi connectivity index (χ3v) is 3.79. The summed E-state index contributed by atoms with van der Waals surface area (Å²) in [6.45, 7) is 0.611. The van der Waals surface area contributed by atoms with Gasteiger partial charge in [0.05, 0.1) is 12.6 Å². The van der Waals surface area contributed by atoms with E-state index in [0.29, 0.717) is 11.6 Å². The zero-order valence-electron chi connectivity index (χ0n) is 12.0. The Labute approximate surface area is 134 Å². The number of hydrogen-bond acceptors (Lipinski definition) is 2. The van der Waals surface area contributed by atoms with Gasteiger partial charge in [-0.1, -0.05) is 41.9 Å². The van der Waals surface area contributed by atoms with E-state index in [1.807, 2.05) is 42.5 Å². The fraction of sp³-hybridized carbons (Fsp3) is 0.167. The number of rotatable bonds is 3. The van der Waals surface area contributed by atoms with Gasteiger partial charge in [0.1, 0.15) is 5.75 Å². The van der Waals surface area contributed by atoms with Gasteiger partial charge in [-0.2, -0.15) is 0 Å². The van der Waals surface area contributed by atoms with Gasteiger partial charge in [0.15, 0.2) is 0 Å². The minimum Gasteiger partial charge on any atom is -0.493 e. The second-order valence-corrected chi connectivity index (χ2v) is 5.56. The average molecular weight is 314 g/mol. The van der Waals surface area contributed by atoms with Gasteiger partial charge in [0, 0.05) is 23.1 Å². The van der Waals surface area contributed by atoms with Gasteiger partial charge < -0.3 is 10.1 Å². The highest BCUT2D eigenvalue weighted by molar-refractivity contribution is 6.30. The normalized spacial score (nSPS) is 16.9. The molecule has 1 N–H and O–H groups in total. The molecule has 0 radical (unpaired) electrons. The van der Waals surface area contributed by atoms with Crippen molar-refractivity contribution in [1.29, 1.82) is 0 Å². The van der Waals surface area contributed by atoms with Crippen molar-refractivity contribution < 1.29 is 9.53 Å². The summed E-state index contributed by atoms with van der Waals surface area (Å²) in [5.41, 5.74) is 1.92. The number of carbonyl (C=O) groups excluding carboxylic acids is 1. The van der Waals surface area contributed by atoms with E-state index in [9.17, 15) is 4.79 Å². The molecule has 22 heavy (non-hydrogen) atoms. The minimum atomic E-state index is -0.123. The molecular weight excluding hydrogens is 298 g/mol. The van der Waals surface area contributed by atoms with Crippen molar-refractivity contribution in [3.05, 3.63) is 70.8 Å². The lowest BCUT2D eigenvalue weighted by Gasteiger charge is -2.26. The minimum absolute atomic E-state index is 0.0125. The molecule has 2 aromatic carbocycles. The molecule has 0 saturated heterocycles. The zero-order valence-corrected chi connectivity index (χ0v) is 12.7. The van der Waals surface area contributed by atoms with Crippen molar-refractivity contribution in [2.24, 2.45) is 0 Å². The Morgan fingerprint density at radius 1 is 1.23 bits per heavy atom. The number of hydrogen-bond donors (Lipinski definition) is 1. The predicted octanol–water partition coefficient (Wildman–Crippen LogP) is 3.99. The van der Waals surface area contributed by atoms with E-state index in [1.54, 1.807) is 12.1 Å². The summed E-state index contributed by atoms with van der Waals surface area (Å²) in [5, 5.41) is 3.67. The second-order valence-electron chi connectivity index (χ2n) is 5.12. The molecule has 3 nitrogen and oxygen atoms in total. The van der Waals surface area contributed by atoms with Crippen LogP contribution in [0.4, 0.5) is 0 Å². The van der Waals surface area contributed by atoms with Crippen LogP contribution in [0.15, 0.2) is 54.6 Å². The van der Waals surface area contributed by atoms with Crippen LogP contribution in [0.1, 0.15) is 23.6 Å². The van der Waals surface area contributed by atoms with E-state index in [-0.39, 0.29) is 11.9 Å². The van der Waals surface area contributed by atoms with Crippen LogP contribution in [-0.4, -0.2) is 12.5 Å². The quantitative estimate of drug-likeness (QED) is 0.870. The maximum Gasteiger partial charge on any atom is 0.244 e. The fourth-order valence-corrected chi connectivity index (χ4v) is 2.69. The van der Waals surface area contributed by atoms with Crippen LogP contribution in [0.3, 0.4) is 0 Å². The Balaban J connectivity index is 1.68. The highest BCUT2D eigenvalue weighted by atomic mass is 35.5. The van der Waals surface area contributed by atoms with Gasteiger partial charge in [0.2, 0.25) is 5.91 Å². The summed E-state index contributed by atoms with van der Waals surface area (Å²) in [7, 11) is 0. The fourth-order valence-electron chi connectivity index (χ4n) is 2.49. The number of halogens is 1. The van der Waals surface area contributed by atoms with Gasteiger partial charge in [0.25, 0.3) is 0 Å². The molecule has 0 saturated carbocycles.